The summed E-state index contributed by atoms with van der Waals surface area (Å²) in [5, 5.41) is 6.83. The number of nitrogens with one attached hydrogen (secondary N) is 1. The lowest BCUT2D eigenvalue weighted by atomic mass is 9.85. The fourth-order valence-corrected chi connectivity index (χ4v) is 3.78. The third-order valence-corrected chi connectivity index (χ3v) is 5.01. The van der Waals surface area contributed by atoms with Crippen LogP contribution in [0.4, 0.5) is 0 Å². The van der Waals surface area contributed by atoms with Gasteiger partial charge in [-0.2, -0.15) is 0 Å². The van der Waals surface area contributed by atoms with E-state index in [0.29, 0.717) is 17.1 Å². The standard InChI is InChI=1S/C18H19N3O4/c22-16-10-13(18(24-16)6-2-3-7-18)17(23)20-11-12-9-15(21-25-12)14-5-1-4-8-19-14/h1,4-5,8-9,13H,2-3,6-7,10-11H2,(H,20,23)/t13-/m0/s1. The lowest BCUT2D eigenvalue weighted by Gasteiger charge is -2.27. The van der Waals surface area contributed by atoms with E-state index in [0.717, 1.165) is 25.7 Å². The Balaban J connectivity index is 1.41. The summed E-state index contributed by atoms with van der Waals surface area (Å²) in [4.78, 5) is 28.5. The van der Waals surface area contributed by atoms with E-state index in [1.807, 2.05) is 18.2 Å². The number of rotatable bonds is 4. The average Bonchev–Trinajstić information content (AvgIpc) is 3.35. The van der Waals surface area contributed by atoms with Crippen molar-refractivity contribution in [3.63, 3.8) is 0 Å². The van der Waals surface area contributed by atoms with Crippen LogP contribution in [0.15, 0.2) is 35.0 Å². The molecule has 2 aromatic heterocycles. The minimum Gasteiger partial charge on any atom is -0.458 e. The maximum atomic E-state index is 12.6. The molecule has 1 aliphatic heterocycles. The molecule has 0 radical (unpaired) electrons. The second-order valence-corrected chi connectivity index (χ2v) is 6.61. The number of aromatic nitrogens is 2. The maximum absolute atomic E-state index is 12.6. The predicted octanol–water partition coefficient (Wildman–Crippen LogP) is 2.23. The highest BCUT2D eigenvalue weighted by molar-refractivity contribution is 5.87. The van der Waals surface area contributed by atoms with Crippen molar-refractivity contribution >= 4 is 11.9 Å². The van der Waals surface area contributed by atoms with Crippen LogP contribution in [0.1, 0.15) is 37.9 Å². The molecule has 2 aliphatic rings. The van der Waals surface area contributed by atoms with Crippen LogP contribution in [-0.4, -0.2) is 27.6 Å². The topological polar surface area (TPSA) is 94.3 Å². The van der Waals surface area contributed by atoms with Gasteiger partial charge in [0.05, 0.1) is 24.6 Å². The van der Waals surface area contributed by atoms with Crippen molar-refractivity contribution in [3.05, 3.63) is 36.2 Å². The van der Waals surface area contributed by atoms with Gasteiger partial charge in [-0.15, -0.1) is 0 Å². The zero-order valence-electron chi connectivity index (χ0n) is 13.7. The van der Waals surface area contributed by atoms with Crippen LogP contribution in [0.3, 0.4) is 0 Å². The van der Waals surface area contributed by atoms with E-state index in [9.17, 15) is 9.59 Å². The number of pyridine rings is 1. The smallest absolute Gasteiger partial charge is 0.307 e. The molecule has 2 aromatic rings. The summed E-state index contributed by atoms with van der Waals surface area (Å²) in [5.74, 6) is -0.317. The molecule has 3 heterocycles. The number of nitrogens with zero attached hydrogens (tertiary/aromatic N) is 2. The fraction of sp³-hybridized carbons (Fsp3) is 0.444. The number of amides is 1. The monoisotopic (exact) mass is 341 g/mol. The Morgan fingerprint density at radius 3 is 2.88 bits per heavy atom. The number of hydrogen-bond acceptors (Lipinski definition) is 6. The first kappa shape index (κ1) is 15.8. The highest BCUT2D eigenvalue weighted by Crippen LogP contribution is 2.45. The Bertz CT molecular complexity index is 781. The lowest BCUT2D eigenvalue weighted by molar-refractivity contribution is -0.150. The zero-order chi connectivity index (χ0) is 17.3. The molecule has 1 aliphatic carbocycles. The summed E-state index contributed by atoms with van der Waals surface area (Å²) in [5.41, 5.74) is 0.738. The Morgan fingerprint density at radius 2 is 2.12 bits per heavy atom. The minimum atomic E-state index is -0.596. The summed E-state index contributed by atoms with van der Waals surface area (Å²) >= 11 is 0. The number of esters is 1. The largest absolute Gasteiger partial charge is 0.458 e. The molecule has 1 saturated carbocycles. The van der Waals surface area contributed by atoms with E-state index in [1.165, 1.54) is 0 Å². The Labute approximate surface area is 144 Å². The van der Waals surface area contributed by atoms with Gasteiger partial charge in [-0.1, -0.05) is 11.2 Å². The van der Waals surface area contributed by atoms with Crippen molar-refractivity contribution in [3.8, 4) is 11.4 Å². The van der Waals surface area contributed by atoms with E-state index in [-0.39, 0.29) is 24.8 Å². The number of hydrogen-bond donors (Lipinski definition) is 1. The SMILES string of the molecule is O=C1C[C@@H](C(=O)NCc2cc(-c3ccccn3)no2)C2(CCCC2)O1. The molecule has 130 valence electrons. The van der Waals surface area contributed by atoms with E-state index in [4.69, 9.17) is 9.26 Å². The second-order valence-electron chi connectivity index (χ2n) is 6.61. The molecule has 7 nitrogen and oxygen atoms in total. The van der Waals surface area contributed by atoms with Crippen LogP contribution in [-0.2, 0) is 20.9 Å². The van der Waals surface area contributed by atoms with Crippen LogP contribution in [0, 0.1) is 5.92 Å². The maximum Gasteiger partial charge on any atom is 0.307 e. The van der Waals surface area contributed by atoms with Crippen LogP contribution < -0.4 is 5.32 Å². The summed E-state index contributed by atoms with van der Waals surface area (Å²) in [6.07, 6.45) is 5.36. The van der Waals surface area contributed by atoms with Crippen LogP contribution in [0.5, 0.6) is 0 Å². The number of carbonyl (C=O) groups excluding carboxylic acids is 2. The second kappa shape index (κ2) is 6.31. The van der Waals surface area contributed by atoms with Crippen molar-refractivity contribution in [2.24, 2.45) is 5.92 Å². The average molecular weight is 341 g/mol. The molecule has 1 amide bonds. The van der Waals surface area contributed by atoms with Gasteiger partial charge in [-0.25, -0.2) is 0 Å². The minimum absolute atomic E-state index is 0.154. The molecular formula is C18H19N3O4. The van der Waals surface area contributed by atoms with Crippen molar-refractivity contribution < 1.29 is 18.8 Å². The molecule has 0 unspecified atom stereocenters. The van der Waals surface area contributed by atoms with Gasteiger partial charge in [-0.3, -0.25) is 14.6 Å². The summed E-state index contributed by atoms with van der Waals surface area (Å²) in [6, 6.07) is 7.29. The van der Waals surface area contributed by atoms with Crippen LogP contribution >= 0.6 is 0 Å². The van der Waals surface area contributed by atoms with Gasteiger partial charge < -0.3 is 14.6 Å². The van der Waals surface area contributed by atoms with Crippen LogP contribution in [0.25, 0.3) is 11.4 Å². The van der Waals surface area contributed by atoms with Crippen molar-refractivity contribution in [1.82, 2.24) is 15.5 Å². The molecule has 4 rings (SSSR count). The van der Waals surface area contributed by atoms with Crippen LogP contribution in [0.2, 0.25) is 0 Å². The van der Waals surface area contributed by atoms with Gasteiger partial charge in [-0.05, 0) is 37.8 Å². The molecule has 7 heteroatoms. The predicted molar refractivity (Wildman–Crippen MR) is 87.0 cm³/mol. The fourth-order valence-electron chi connectivity index (χ4n) is 3.78. The van der Waals surface area contributed by atoms with Gasteiger partial charge in [0.15, 0.2) is 5.76 Å². The first-order valence-electron chi connectivity index (χ1n) is 8.53. The van der Waals surface area contributed by atoms with Crippen molar-refractivity contribution in [2.75, 3.05) is 0 Å². The van der Waals surface area contributed by atoms with Gasteiger partial charge in [0.1, 0.15) is 11.3 Å². The lowest BCUT2D eigenvalue weighted by Crippen LogP contribution is -2.42. The number of carbonyl (C=O) groups is 2. The highest BCUT2D eigenvalue weighted by atomic mass is 16.6. The molecule has 1 N–H and O–H groups in total. The molecular weight excluding hydrogens is 322 g/mol. The summed E-state index contributed by atoms with van der Waals surface area (Å²) in [6.45, 7) is 0.222. The zero-order valence-corrected chi connectivity index (χ0v) is 13.7. The first-order valence-corrected chi connectivity index (χ1v) is 8.53. The molecule has 1 atom stereocenters. The van der Waals surface area contributed by atoms with Gasteiger partial charge >= 0.3 is 5.97 Å². The quantitative estimate of drug-likeness (QED) is 0.857. The Morgan fingerprint density at radius 1 is 1.28 bits per heavy atom. The summed E-state index contributed by atoms with van der Waals surface area (Å²) < 4.78 is 10.8. The molecule has 2 fully saturated rings. The van der Waals surface area contributed by atoms with Crippen molar-refractivity contribution in [2.45, 2.75) is 44.2 Å². The molecule has 1 saturated heterocycles. The third kappa shape index (κ3) is 3.01. The highest BCUT2D eigenvalue weighted by Gasteiger charge is 2.53. The Kier molecular flexibility index (Phi) is 3.99. The van der Waals surface area contributed by atoms with E-state index in [1.54, 1.807) is 12.3 Å². The van der Waals surface area contributed by atoms with E-state index < -0.39 is 11.5 Å². The van der Waals surface area contributed by atoms with Gasteiger partial charge in [0.2, 0.25) is 5.91 Å². The first-order chi connectivity index (χ1) is 12.2. The Hall–Kier alpha value is -2.70. The van der Waals surface area contributed by atoms with Gasteiger partial charge in [0.25, 0.3) is 0 Å². The third-order valence-electron chi connectivity index (χ3n) is 5.01. The van der Waals surface area contributed by atoms with E-state index in [2.05, 4.69) is 15.5 Å². The normalized spacial score (nSPS) is 21.4. The molecule has 1 spiro atoms. The molecule has 0 bridgehead atoms. The molecule has 0 aromatic carbocycles. The van der Waals surface area contributed by atoms with Gasteiger partial charge in [0, 0.05) is 12.3 Å². The summed E-state index contributed by atoms with van der Waals surface area (Å²) in [7, 11) is 0. The van der Waals surface area contributed by atoms with E-state index >= 15 is 0 Å². The molecule has 25 heavy (non-hydrogen) atoms. The van der Waals surface area contributed by atoms with Crippen molar-refractivity contribution in [1.29, 1.82) is 0 Å². The number of ether oxygens (including phenoxy) is 1.